The number of nitrogens with one attached hydrogen (secondary N) is 1. The molecule has 1 aliphatic heterocycles. The quantitative estimate of drug-likeness (QED) is 0.686. The number of hydrogen-bond donors (Lipinski definition) is 1. The third-order valence-electron chi connectivity index (χ3n) is 4.81. The number of nitrogens with zero attached hydrogens (tertiary/aromatic N) is 2. The van der Waals surface area contributed by atoms with E-state index in [1.165, 1.54) is 0 Å². The molecule has 0 bridgehead atoms. The Morgan fingerprint density at radius 1 is 1.21 bits per heavy atom. The van der Waals surface area contributed by atoms with Crippen molar-refractivity contribution in [3.63, 3.8) is 0 Å². The van der Waals surface area contributed by atoms with Gasteiger partial charge in [0.1, 0.15) is 0 Å². The summed E-state index contributed by atoms with van der Waals surface area (Å²) in [5.74, 6) is -0.377. The Morgan fingerprint density at radius 3 is 2.71 bits per heavy atom. The molecule has 1 aromatic carbocycles. The van der Waals surface area contributed by atoms with Crippen LogP contribution in [-0.2, 0) is 16.1 Å². The van der Waals surface area contributed by atoms with Crippen molar-refractivity contribution in [2.45, 2.75) is 26.8 Å². The molecule has 0 saturated carbocycles. The van der Waals surface area contributed by atoms with E-state index < -0.39 is 0 Å². The summed E-state index contributed by atoms with van der Waals surface area (Å²) < 4.78 is 0. The second kappa shape index (κ2) is 7.85. The number of rotatable bonds is 5. The van der Waals surface area contributed by atoms with E-state index >= 15 is 0 Å². The summed E-state index contributed by atoms with van der Waals surface area (Å²) in [6.07, 6.45) is 0.257. The summed E-state index contributed by atoms with van der Waals surface area (Å²) in [6, 6.07) is 11.9. The third-order valence-corrected chi connectivity index (χ3v) is 6.69. The maximum Gasteiger partial charge on any atom is 0.227 e. The molecule has 1 atom stereocenters. The highest BCUT2D eigenvalue weighted by atomic mass is 32.1. The highest BCUT2D eigenvalue weighted by Gasteiger charge is 2.34. The molecule has 2 amide bonds. The Morgan fingerprint density at radius 2 is 2.00 bits per heavy atom. The van der Waals surface area contributed by atoms with Gasteiger partial charge in [-0.3, -0.25) is 9.59 Å². The van der Waals surface area contributed by atoms with Gasteiger partial charge in [0.25, 0.3) is 0 Å². The number of carbonyl (C=O) groups is 2. The lowest BCUT2D eigenvalue weighted by molar-refractivity contribution is -0.126. The van der Waals surface area contributed by atoms with Gasteiger partial charge in [-0.2, -0.15) is 0 Å². The zero-order valence-corrected chi connectivity index (χ0v) is 17.4. The van der Waals surface area contributed by atoms with Crippen LogP contribution in [0.15, 0.2) is 41.8 Å². The van der Waals surface area contributed by atoms with E-state index in [2.05, 4.69) is 10.3 Å². The average Bonchev–Trinajstić information content (AvgIpc) is 3.40. The number of amides is 2. The lowest BCUT2D eigenvalue weighted by Crippen LogP contribution is -2.32. The van der Waals surface area contributed by atoms with Gasteiger partial charge in [0.05, 0.1) is 28.0 Å². The van der Waals surface area contributed by atoms with Crippen molar-refractivity contribution in [1.82, 2.24) is 10.3 Å². The summed E-state index contributed by atoms with van der Waals surface area (Å²) in [7, 11) is 0. The van der Waals surface area contributed by atoms with Crippen molar-refractivity contribution >= 4 is 40.2 Å². The summed E-state index contributed by atoms with van der Waals surface area (Å²) in [6.45, 7) is 4.91. The number of thiazole rings is 1. The van der Waals surface area contributed by atoms with E-state index in [1.807, 2.05) is 55.6 Å². The second-order valence-electron chi connectivity index (χ2n) is 6.98. The van der Waals surface area contributed by atoms with Gasteiger partial charge in [-0.25, -0.2) is 4.98 Å². The maximum absolute atomic E-state index is 12.6. The summed E-state index contributed by atoms with van der Waals surface area (Å²) >= 11 is 3.27. The van der Waals surface area contributed by atoms with Crippen molar-refractivity contribution in [2.24, 2.45) is 5.92 Å². The van der Waals surface area contributed by atoms with Crippen LogP contribution in [0.25, 0.3) is 10.6 Å². The Labute approximate surface area is 172 Å². The minimum atomic E-state index is -0.311. The Balaban J connectivity index is 1.35. The number of aromatic nitrogens is 1. The Hall–Kier alpha value is -2.51. The predicted molar refractivity (Wildman–Crippen MR) is 114 cm³/mol. The van der Waals surface area contributed by atoms with Gasteiger partial charge in [-0.05, 0) is 38.1 Å². The Bertz CT molecular complexity index is 1010. The molecule has 28 heavy (non-hydrogen) atoms. The molecule has 1 fully saturated rings. The fraction of sp³-hybridized carbons (Fsp3) is 0.286. The highest BCUT2D eigenvalue weighted by molar-refractivity contribution is 7.16. The molecule has 7 heteroatoms. The van der Waals surface area contributed by atoms with Crippen LogP contribution < -0.4 is 10.2 Å². The molecule has 3 aromatic rings. The zero-order chi connectivity index (χ0) is 19.7. The van der Waals surface area contributed by atoms with E-state index in [4.69, 9.17) is 0 Å². The first kappa shape index (κ1) is 18.8. The van der Waals surface area contributed by atoms with Gasteiger partial charge in [0, 0.05) is 28.9 Å². The van der Waals surface area contributed by atoms with Gasteiger partial charge in [0.2, 0.25) is 11.8 Å². The van der Waals surface area contributed by atoms with Crippen molar-refractivity contribution in [1.29, 1.82) is 0 Å². The minimum Gasteiger partial charge on any atom is -0.351 e. The van der Waals surface area contributed by atoms with Gasteiger partial charge in [-0.1, -0.05) is 17.7 Å². The Kier molecular flexibility index (Phi) is 5.28. The average molecular weight is 412 g/mol. The zero-order valence-electron chi connectivity index (χ0n) is 15.8. The fourth-order valence-corrected chi connectivity index (χ4v) is 4.86. The van der Waals surface area contributed by atoms with E-state index in [0.717, 1.165) is 31.7 Å². The predicted octanol–water partition coefficient (Wildman–Crippen LogP) is 4.16. The molecule has 1 N–H and O–H groups in total. The molecule has 3 heterocycles. The number of hydrogen-bond acceptors (Lipinski definition) is 5. The summed E-state index contributed by atoms with van der Waals surface area (Å²) in [4.78, 5) is 33.3. The maximum atomic E-state index is 12.6. The van der Waals surface area contributed by atoms with Crippen LogP contribution in [0.1, 0.15) is 21.9 Å². The smallest absolute Gasteiger partial charge is 0.227 e. The molecule has 2 aromatic heterocycles. The number of carbonyl (C=O) groups excluding carboxylic acids is 2. The van der Waals surface area contributed by atoms with Gasteiger partial charge < -0.3 is 10.2 Å². The number of aryl methyl sites for hydroxylation is 2. The van der Waals surface area contributed by atoms with Crippen LogP contribution in [0.2, 0.25) is 0 Å². The van der Waals surface area contributed by atoms with E-state index in [0.29, 0.717) is 13.1 Å². The van der Waals surface area contributed by atoms with Crippen LogP contribution in [-0.4, -0.2) is 23.3 Å². The lowest BCUT2D eigenvalue weighted by Gasteiger charge is -2.16. The molecule has 0 radical (unpaired) electrons. The minimum absolute atomic E-state index is 0.00122. The van der Waals surface area contributed by atoms with Crippen molar-refractivity contribution in [3.8, 4) is 10.6 Å². The normalized spacial score (nSPS) is 16.6. The van der Waals surface area contributed by atoms with E-state index in [9.17, 15) is 9.59 Å². The second-order valence-corrected chi connectivity index (χ2v) is 9.21. The molecule has 144 valence electrons. The monoisotopic (exact) mass is 411 g/mol. The first-order chi connectivity index (χ1) is 13.5. The summed E-state index contributed by atoms with van der Waals surface area (Å²) in [5, 5.41) is 6.08. The molecule has 4 rings (SSSR count). The molecule has 5 nitrogen and oxygen atoms in total. The van der Waals surface area contributed by atoms with E-state index in [1.54, 1.807) is 27.6 Å². The first-order valence-electron chi connectivity index (χ1n) is 9.15. The standard InChI is InChI=1S/C21H21N3O2S2/c1-13-3-5-16(6-4-13)24-11-15(9-20(24)25)21(26)22-10-17-7-8-19(28-17)18-12-27-14(2)23-18/h3-8,12,15H,9-11H2,1-2H3,(H,22,26)/t15-/m1/s1. The lowest BCUT2D eigenvalue weighted by atomic mass is 10.1. The summed E-state index contributed by atoms with van der Waals surface area (Å²) in [5.41, 5.74) is 2.99. The van der Waals surface area contributed by atoms with E-state index in [-0.39, 0.29) is 24.2 Å². The van der Waals surface area contributed by atoms with Crippen LogP contribution >= 0.6 is 22.7 Å². The van der Waals surface area contributed by atoms with Crippen LogP contribution in [0, 0.1) is 19.8 Å². The van der Waals surface area contributed by atoms with Crippen LogP contribution in [0.4, 0.5) is 5.69 Å². The molecule has 0 unspecified atom stereocenters. The number of anilines is 1. The first-order valence-corrected chi connectivity index (χ1v) is 10.8. The topological polar surface area (TPSA) is 62.3 Å². The van der Waals surface area contributed by atoms with Gasteiger partial charge in [0.15, 0.2) is 0 Å². The third kappa shape index (κ3) is 4.00. The molecule has 1 aliphatic rings. The van der Waals surface area contributed by atoms with Crippen LogP contribution in [0.3, 0.4) is 0 Å². The largest absolute Gasteiger partial charge is 0.351 e. The molecule has 0 aliphatic carbocycles. The van der Waals surface area contributed by atoms with Gasteiger partial charge in [-0.15, -0.1) is 22.7 Å². The van der Waals surface area contributed by atoms with Crippen molar-refractivity contribution < 1.29 is 9.59 Å². The molecular weight excluding hydrogens is 390 g/mol. The highest BCUT2D eigenvalue weighted by Crippen LogP contribution is 2.29. The van der Waals surface area contributed by atoms with Gasteiger partial charge >= 0.3 is 0 Å². The number of thiophene rings is 1. The SMILES string of the molecule is Cc1ccc(N2C[C@H](C(=O)NCc3ccc(-c4csc(C)n4)s3)CC2=O)cc1. The molecule has 0 spiro atoms. The van der Waals surface area contributed by atoms with Crippen LogP contribution in [0.5, 0.6) is 0 Å². The molecular formula is C21H21N3O2S2. The number of benzene rings is 1. The van der Waals surface area contributed by atoms with Crippen molar-refractivity contribution in [3.05, 3.63) is 57.2 Å². The van der Waals surface area contributed by atoms with Crippen molar-refractivity contribution in [2.75, 3.05) is 11.4 Å². The molecule has 1 saturated heterocycles. The fourth-order valence-electron chi connectivity index (χ4n) is 3.26.